The topological polar surface area (TPSA) is 20.2 Å². The van der Waals surface area contributed by atoms with Crippen LogP contribution in [-0.4, -0.2) is 11.7 Å². The zero-order valence-electron chi connectivity index (χ0n) is 2.90. The van der Waals surface area contributed by atoms with Crippen LogP contribution in [0, 0.1) is 0 Å². The molecule has 0 aliphatic rings. The molecule has 30 valence electrons. The van der Waals surface area contributed by atoms with Gasteiger partial charge in [-0.3, -0.25) is 0 Å². The molecule has 0 radical (unpaired) electrons. The van der Waals surface area contributed by atoms with Gasteiger partial charge in [0.25, 0.3) is 0 Å². The van der Waals surface area contributed by atoms with E-state index in [2.05, 4.69) is 22.0 Å². The lowest BCUT2D eigenvalue weighted by molar-refractivity contribution is 0.603. The molecule has 0 heterocycles. The Morgan fingerprint density at radius 1 is 2.00 bits per heavy atom. The summed E-state index contributed by atoms with van der Waals surface area (Å²) in [6, 6.07) is 0. The van der Waals surface area contributed by atoms with Crippen molar-refractivity contribution < 1.29 is 5.02 Å². The van der Waals surface area contributed by atoms with Gasteiger partial charge in [0.1, 0.15) is 0 Å². The smallest absolute Gasteiger partial charge is 0.322 e. The van der Waals surface area contributed by atoms with Crippen molar-refractivity contribution in [2.24, 2.45) is 0 Å². The largest absolute Gasteiger partial charge is 0.446 e. The van der Waals surface area contributed by atoms with Crippen LogP contribution in [0.5, 0.6) is 0 Å². The first kappa shape index (κ1) is 6.18. The van der Waals surface area contributed by atoms with E-state index in [-0.39, 0.29) is 6.64 Å². The SMILES string of the molecule is CB(O)PI. The van der Waals surface area contributed by atoms with E-state index < -0.39 is 0 Å². The quantitative estimate of drug-likeness (QED) is 0.383. The second kappa shape index (κ2) is 3.38. The summed E-state index contributed by atoms with van der Waals surface area (Å²) in [6.07, 6.45) is 0.640. The maximum atomic E-state index is 8.37. The van der Waals surface area contributed by atoms with E-state index in [1.807, 2.05) is 0 Å². The lowest BCUT2D eigenvalue weighted by atomic mass is 10.1. The van der Waals surface area contributed by atoms with E-state index in [4.69, 9.17) is 5.02 Å². The molecule has 1 N–H and O–H groups in total. The summed E-state index contributed by atoms with van der Waals surface area (Å²) in [5.74, 6) is 0. The Morgan fingerprint density at radius 2 is 2.20 bits per heavy atom. The predicted octanol–water partition coefficient (Wildman–Crippen LogP) is 1.13. The van der Waals surface area contributed by atoms with Crippen molar-refractivity contribution in [2.75, 3.05) is 0 Å². The zero-order chi connectivity index (χ0) is 4.28. The van der Waals surface area contributed by atoms with Crippen LogP contribution in [0.15, 0.2) is 0 Å². The molecule has 0 aromatic carbocycles. The molecule has 0 amide bonds. The maximum Gasteiger partial charge on any atom is 0.322 e. The fraction of sp³-hybridized carbons (Fsp3) is 1.00. The fourth-order valence-corrected chi connectivity index (χ4v) is 0. The number of hydrogen-bond acceptors (Lipinski definition) is 1. The fourth-order valence-electron chi connectivity index (χ4n) is 0. The average Bonchev–Trinajstić information content (AvgIpc) is 1.38. The minimum absolute atomic E-state index is 0.101. The highest BCUT2D eigenvalue weighted by molar-refractivity contribution is 14.2. The van der Waals surface area contributed by atoms with E-state index in [9.17, 15) is 0 Å². The average molecular weight is 202 g/mol. The molecule has 0 bridgehead atoms. The molecule has 4 heteroatoms. The van der Waals surface area contributed by atoms with Gasteiger partial charge < -0.3 is 5.02 Å². The number of rotatable bonds is 1. The Bertz CT molecular complexity index is 25.6. The van der Waals surface area contributed by atoms with E-state index in [0.29, 0.717) is 6.10 Å². The van der Waals surface area contributed by atoms with Gasteiger partial charge in [-0.1, -0.05) is 35.0 Å². The van der Waals surface area contributed by atoms with Gasteiger partial charge in [-0.05, 0) is 0 Å². The Hall–Kier alpha value is 1.18. The van der Waals surface area contributed by atoms with Gasteiger partial charge in [0.2, 0.25) is 0 Å². The Balaban J connectivity index is 2.54. The second-order valence-corrected chi connectivity index (χ2v) is 3.71. The third kappa shape index (κ3) is 5.18. The van der Waals surface area contributed by atoms with Gasteiger partial charge in [-0.2, -0.15) is 0 Å². The van der Waals surface area contributed by atoms with Gasteiger partial charge in [0.15, 0.2) is 0 Å². The highest BCUT2D eigenvalue weighted by Gasteiger charge is 1.93. The van der Waals surface area contributed by atoms with Crippen LogP contribution in [0.25, 0.3) is 0 Å². The Morgan fingerprint density at radius 3 is 2.20 bits per heavy atom. The monoisotopic (exact) mass is 202 g/mol. The number of halogens is 1. The van der Waals surface area contributed by atoms with Crippen LogP contribution < -0.4 is 0 Å². The standard InChI is InChI=1S/CH5BIOP/c1-2(4)5-3/h4-5H,1H3. The van der Waals surface area contributed by atoms with Crippen LogP contribution in [0.3, 0.4) is 0 Å². The van der Waals surface area contributed by atoms with Crippen molar-refractivity contribution in [1.82, 2.24) is 0 Å². The van der Waals surface area contributed by atoms with Crippen molar-refractivity contribution in [1.29, 1.82) is 0 Å². The third-order valence-corrected chi connectivity index (χ3v) is 3.18. The van der Waals surface area contributed by atoms with Crippen molar-refractivity contribution in [2.45, 2.75) is 6.82 Å². The molecule has 1 unspecified atom stereocenters. The molecular formula is CH5BIOP. The Kier molecular flexibility index (Phi) is 4.18. The highest BCUT2D eigenvalue weighted by atomic mass is 127. The molecule has 0 aromatic rings. The lowest BCUT2D eigenvalue weighted by Crippen LogP contribution is -1.89. The van der Waals surface area contributed by atoms with E-state index in [1.54, 1.807) is 6.82 Å². The van der Waals surface area contributed by atoms with E-state index >= 15 is 0 Å². The molecule has 0 saturated heterocycles. The molecule has 5 heavy (non-hydrogen) atoms. The first-order valence-electron chi connectivity index (χ1n) is 1.31. The summed E-state index contributed by atoms with van der Waals surface area (Å²) in [5.41, 5.74) is 0. The third-order valence-electron chi connectivity index (χ3n) is 0.158. The summed E-state index contributed by atoms with van der Waals surface area (Å²) in [4.78, 5) is 0. The maximum absolute atomic E-state index is 8.37. The molecule has 0 aromatic heterocycles. The van der Waals surface area contributed by atoms with E-state index in [1.165, 1.54) is 0 Å². The van der Waals surface area contributed by atoms with Crippen LogP contribution >= 0.6 is 28.1 Å². The van der Waals surface area contributed by atoms with Crippen LogP contribution in [-0.2, 0) is 0 Å². The van der Waals surface area contributed by atoms with Gasteiger partial charge in [-0.25, -0.2) is 0 Å². The van der Waals surface area contributed by atoms with Crippen LogP contribution in [0.1, 0.15) is 0 Å². The molecule has 1 atom stereocenters. The predicted molar refractivity (Wildman–Crippen MR) is 36.2 cm³/mol. The number of hydrogen-bond donors (Lipinski definition) is 1. The Labute approximate surface area is 46.9 Å². The van der Waals surface area contributed by atoms with Crippen molar-refractivity contribution >= 4 is 34.8 Å². The minimum atomic E-state index is -0.101. The minimum Gasteiger partial charge on any atom is -0.446 e. The van der Waals surface area contributed by atoms with Crippen LogP contribution in [0.2, 0.25) is 6.82 Å². The van der Waals surface area contributed by atoms with Gasteiger partial charge in [0.05, 0.1) is 0 Å². The lowest BCUT2D eigenvalue weighted by Gasteiger charge is -1.82. The summed E-state index contributed by atoms with van der Waals surface area (Å²) in [7, 11) is 0. The first-order chi connectivity index (χ1) is 2.27. The molecule has 0 spiro atoms. The van der Waals surface area contributed by atoms with E-state index in [0.717, 1.165) is 0 Å². The van der Waals surface area contributed by atoms with Crippen molar-refractivity contribution in [3.8, 4) is 0 Å². The summed E-state index contributed by atoms with van der Waals surface area (Å²) < 4.78 is 0. The molecule has 0 rings (SSSR count). The van der Waals surface area contributed by atoms with Gasteiger partial charge >= 0.3 is 6.64 Å². The summed E-state index contributed by atoms with van der Waals surface area (Å²) in [5, 5.41) is 8.37. The van der Waals surface area contributed by atoms with Crippen molar-refractivity contribution in [3.05, 3.63) is 0 Å². The molecular weight excluding hydrogens is 197 g/mol. The van der Waals surface area contributed by atoms with Gasteiger partial charge in [-0.15, -0.1) is 0 Å². The summed E-state index contributed by atoms with van der Waals surface area (Å²) in [6.45, 7) is 1.68. The second-order valence-electron chi connectivity index (χ2n) is 0.785. The van der Waals surface area contributed by atoms with Crippen molar-refractivity contribution in [3.63, 3.8) is 0 Å². The highest BCUT2D eigenvalue weighted by Crippen LogP contribution is 2.21. The van der Waals surface area contributed by atoms with Crippen LogP contribution in [0.4, 0.5) is 0 Å². The molecule has 0 aliphatic carbocycles. The molecule has 0 saturated carbocycles. The molecule has 0 aliphatic heterocycles. The first-order valence-corrected chi connectivity index (χ1v) is 5.50. The molecule has 0 fully saturated rings. The zero-order valence-corrected chi connectivity index (χ0v) is 6.06. The summed E-state index contributed by atoms with van der Waals surface area (Å²) >= 11 is 2.16. The van der Waals surface area contributed by atoms with Gasteiger partial charge in [0, 0.05) is 0 Å². The normalized spacial score (nSPS) is 10.2. The molecule has 1 nitrogen and oxygen atoms in total.